The Bertz CT molecular complexity index is 125. The quantitative estimate of drug-likeness (QED) is 0.391. The molecule has 5 heteroatoms. The van der Waals surface area contributed by atoms with Crippen molar-refractivity contribution in [2.24, 2.45) is 0 Å². The third kappa shape index (κ3) is 1.55. The molecule has 1 N–H and O–H groups in total. The summed E-state index contributed by atoms with van der Waals surface area (Å²) in [5.74, 6) is 0. The number of aliphatic hydroxyl groups excluding tert-OH is 1. The van der Waals surface area contributed by atoms with Crippen molar-refractivity contribution in [2.75, 3.05) is 13.1 Å². The molecule has 2 atom stereocenters. The molecule has 0 aliphatic carbocycles. The van der Waals surface area contributed by atoms with Crippen LogP contribution in [-0.4, -0.2) is 48.9 Å². The maximum atomic E-state index is 12.5. The molecule has 3 nitrogen and oxygen atoms in total. The first-order valence-corrected chi connectivity index (χ1v) is 3.09. The lowest BCUT2D eigenvalue weighted by atomic mass is 9.96. The van der Waals surface area contributed by atoms with Crippen LogP contribution in [0.2, 0.25) is 0 Å². The van der Waals surface area contributed by atoms with E-state index in [9.17, 15) is 9.18 Å². The molecule has 55 valence electrons. The second kappa shape index (κ2) is 3.12. The van der Waals surface area contributed by atoms with Gasteiger partial charge in [0.1, 0.15) is 6.17 Å². The third-order valence-electron chi connectivity index (χ3n) is 1.52. The number of halogens is 1. The molecule has 10 heavy (non-hydrogen) atoms. The first-order valence-electron chi connectivity index (χ1n) is 3.09. The smallest absolute Gasteiger partial charge is 0.293 e. The molecule has 0 bridgehead atoms. The molecule has 0 saturated carbocycles. The molecule has 0 amide bonds. The van der Waals surface area contributed by atoms with Gasteiger partial charge in [-0.3, -0.25) is 0 Å². The fourth-order valence-electron chi connectivity index (χ4n) is 0.983. The minimum absolute atomic E-state index is 0.125. The molecular formula is C5H8BFNO2. The molecule has 1 radical (unpaired) electrons. The van der Waals surface area contributed by atoms with E-state index in [2.05, 4.69) is 0 Å². The highest BCUT2D eigenvalue weighted by atomic mass is 19.1. The SMILES string of the molecule is O=C[B]N1C[C@@H](O)[C@@H](F)C1. The summed E-state index contributed by atoms with van der Waals surface area (Å²) >= 11 is 0. The average Bonchev–Trinajstić information content (AvgIpc) is 2.14. The summed E-state index contributed by atoms with van der Waals surface area (Å²) in [5.41, 5.74) is 0. The van der Waals surface area contributed by atoms with Crippen LogP contribution in [0.4, 0.5) is 4.39 Å². The van der Waals surface area contributed by atoms with E-state index < -0.39 is 12.3 Å². The zero-order valence-corrected chi connectivity index (χ0v) is 5.40. The average molecular weight is 144 g/mol. The summed E-state index contributed by atoms with van der Waals surface area (Å²) in [6.07, 6.45) is -1.56. The zero-order chi connectivity index (χ0) is 7.56. The number of carbonyl (C=O) groups excluding carboxylic acids is 1. The van der Waals surface area contributed by atoms with Gasteiger partial charge in [-0.25, -0.2) is 4.39 Å². The number of alkyl halides is 1. The number of carbonyl (C=O) groups is 1. The number of β-amino-alcohol motifs (C(OH)–C–C–N with tert-alkyl or cyclic N) is 1. The molecular weight excluding hydrogens is 136 g/mol. The lowest BCUT2D eigenvalue weighted by molar-refractivity contribution is 0.117. The van der Waals surface area contributed by atoms with Crippen LogP contribution in [0.5, 0.6) is 0 Å². The van der Waals surface area contributed by atoms with Crippen LogP contribution < -0.4 is 0 Å². The van der Waals surface area contributed by atoms with Gasteiger partial charge in [0.05, 0.1) is 12.3 Å². The number of hydrogen-bond acceptors (Lipinski definition) is 3. The number of nitrogens with zero attached hydrogens (tertiary/aromatic N) is 1. The monoisotopic (exact) mass is 144 g/mol. The summed E-state index contributed by atoms with van der Waals surface area (Å²) < 4.78 is 12.5. The van der Waals surface area contributed by atoms with Gasteiger partial charge in [-0.1, -0.05) is 0 Å². The van der Waals surface area contributed by atoms with E-state index in [4.69, 9.17) is 5.11 Å². The van der Waals surface area contributed by atoms with Crippen molar-refractivity contribution in [2.45, 2.75) is 12.3 Å². The van der Waals surface area contributed by atoms with Crippen LogP contribution in [0.3, 0.4) is 0 Å². The summed E-state index contributed by atoms with van der Waals surface area (Å²) in [6, 6.07) is 0. The number of aliphatic hydroxyl groups is 1. The zero-order valence-electron chi connectivity index (χ0n) is 5.40. The molecule has 0 unspecified atom stereocenters. The van der Waals surface area contributed by atoms with Crippen LogP contribution in [0.15, 0.2) is 0 Å². The predicted molar refractivity (Wildman–Crippen MR) is 35.0 cm³/mol. The van der Waals surface area contributed by atoms with Crippen LogP contribution in [-0.2, 0) is 4.79 Å². The van der Waals surface area contributed by atoms with Gasteiger partial charge in [-0.2, -0.15) is 0 Å². The molecule has 1 saturated heterocycles. The Morgan fingerprint density at radius 1 is 1.70 bits per heavy atom. The predicted octanol–water partition coefficient (Wildman–Crippen LogP) is -1.19. The first-order chi connectivity index (χ1) is 4.74. The van der Waals surface area contributed by atoms with Crippen LogP contribution in [0.1, 0.15) is 0 Å². The summed E-state index contributed by atoms with van der Waals surface area (Å²) in [7, 11) is 1.24. The third-order valence-corrected chi connectivity index (χ3v) is 1.52. The van der Waals surface area contributed by atoms with E-state index in [-0.39, 0.29) is 13.1 Å². The normalized spacial score (nSPS) is 34.2. The van der Waals surface area contributed by atoms with Gasteiger partial charge in [0.15, 0.2) is 0 Å². The summed E-state index contributed by atoms with van der Waals surface area (Å²) in [5, 5.41) is 8.84. The fraction of sp³-hybridized carbons (Fsp3) is 0.800. The number of rotatable bonds is 2. The summed E-state index contributed by atoms with van der Waals surface area (Å²) in [6.45, 7) is 0.347. The van der Waals surface area contributed by atoms with E-state index in [0.717, 1.165) is 0 Å². The van der Waals surface area contributed by atoms with E-state index in [1.54, 1.807) is 0 Å². The molecule has 0 aromatic heterocycles. The maximum Gasteiger partial charge on any atom is 0.293 e. The van der Waals surface area contributed by atoms with Gasteiger partial charge in [-0.15, -0.1) is 0 Å². The second-order valence-electron chi connectivity index (χ2n) is 2.32. The van der Waals surface area contributed by atoms with E-state index in [0.29, 0.717) is 6.19 Å². The molecule has 1 fully saturated rings. The number of hydrogen-bond donors (Lipinski definition) is 1. The molecule has 0 spiro atoms. The Hall–Kier alpha value is -0.415. The molecule has 0 aromatic carbocycles. The highest BCUT2D eigenvalue weighted by molar-refractivity contribution is 6.64. The largest absolute Gasteiger partial charge is 0.389 e. The van der Waals surface area contributed by atoms with Gasteiger partial charge < -0.3 is 14.7 Å². The molecule has 1 rings (SSSR count). The molecule has 1 aliphatic heterocycles. The van der Waals surface area contributed by atoms with Crippen LogP contribution in [0, 0.1) is 0 Å². The molecule has 0 aromatic rings. The van der Waals surface area contributed by atoms with E-state index in [1.165, 1.54) is 12.2 Å². The maximum absolute atomic E-state index is 12.5. The highest BCUT2D eigenvalue weighted by Crippen LogP contribution is 2.10. The van der Waals surface area contributed by atoms with Crippen LogP contribution in [0.25, 0.3) is 0 Å². The molecule has 1 aliphatic rings. The van der Waals surface area contributed by atoms with Crippen molar-refractivity contribution in [1.82, 2.24) is 4.81 Å². The van der Waals surface area contributed by atoms with Gasteiger partial charge >= 0.3 is 0 Å². The van der Waals surface area contributed by atoms with Crippen molar-refractivity contribution in [3.8, 4) is 0 Å². The van der Waals surface area contributed by atoms with Crippen LogP contribution >= 0.6 is 0 Å². The fourth-order valence-corrected chi connectivity index (χ4v) is 0.983. The van der Waals surface area contributed by atoms with E-state index in [1.807, 2.05) is 0 Å². The van der Waals surface area contributed by atoms with Crippen molar-refractivity contribution in [3.63, 3.8) is 0 Å². The van der Waals surface area contributed by atoms with Gasteiger partial charge in [0, 0.05) is 13.1 Å². The Morgan fingerprint density at radius 2 is 2.40 bits per heavy atom. The molecule has 1 heterocycles. The van der Waals surface area contributed by atoms with Gasteiger partial charge in [0.2, 0.25) is 0 Å². The Balaban J connectivity index is 2.33. The van der Waals surface area contributed by atoms with Crippen molar-refractivity contribution >= 4 is 13.6 Å². The Kier molecular flexibility index (Phi) is 2.40. The van der Waals surface area contributed by atoms with Crippen molar-refractivity contribution in [3.05, 3.63) is 0 Å². The minimum atomic E-state index is -1.21. The summed E-state index contributed by atoms with van der Waals surface area (Å²) in [4.78, 5) is 11.3. The van der Waals surface area contributed by atoms with Crippen molar-refractivity contribution in [1.29, 1.82) is 0 Å². The minimum Gasteiger partial charge on any atom is -0.389 e. The standard InChI is InChI=1S/C5H8BFNO2/c7-4-1-8(6-3-9)2-5(4)10/h3-5,10H,1-2H2/t4-,5+/m0/s1. The van der Waals surface area contributed by atoms with Crippen molar-refractivity contribution < 1.29 is 14.3 Å². The lowest BCUT2D eigenvalue weighted by Crippen LogP contribution is -2.27. The Labute approximate surface area is 59.1 Å². The topological polar surface area (TPSA) is 40.5 Å². The Morgan fingerprint density at radius 3 is 2.80 bits per heavy atom. The second-order valence-corrected chi connectivity index (χ2v) is 2.32. The lowest BCUT2D eigenvalue weighted by Gasteiger charge is -2.06. The van der Waals surface area contributed by atoms with Gasteiger partial charge in [0.25, 0.3) is 7.41 Å². The first kappa shape index (κ1) is 7.69. The van der Waals surface area contributed by atoms with Gasteiger partial charge in [-0.05, 0) is 0 Å². The highest BCUT2D eigenvalue weighted by Gasteiger charge is 2.30. The van der Waals surface area contributed by atoms with E-state index >= 15 is 0 Å².